The first-order valence-corrected chi connectivity index (χ1v) is 12.5. The van der Waals surface area contributed by atoms with E-state index in [0.29, 0.717) is 23.9 Å². The van der Waals surface area contributed by atoms with Crippen LogP contribution in [0.5, 0.6) is 0 Å². The van der Waals surface area contributed by atoms with E-state index >= 15 is 0 Å². The molecule has 0 amide bonds. The van der Waals surface area contributed by atoms with Gasteiger partial charge in [-0.2, -0.15) is 4.98 Å². The van der Waals surface area contributed by atoms with Crippen molar-refractivity contribution in [1.29, 1.82) is 0 Å². The number of carbonyl (C=O) groups excluding carboxylic acids is 1. The summed E-state index contributed by atoms with van der Waals surface area (Å²) in [7, 11) is 0. The quantitative estimate of drug-likeness (QED) is 0.382. The van der Waals surface area contributed by atoms with E-state index in [2.05, 4.69) is 22.0 Å². The normalized spacial score (nSPS) is 18.2. The van der Waals surface area contributed by atoms with Crippen LogP contribution in [0.25, 0.3) is 21.7 Å². The van der Waals surface area contributed by atoms with Crippen molar-refractivity contribution in [3.05, 3.63) is 66.1 Å². The highest BCUT2D eigenvalue weighted by Crippen LogP contribution is 2.45. The van der Waals surface area contributed by atoms with Gasteiger partial charge in [-0.05, 0) is 49.8 Å². The van der Waals surface area contributed by atoms with Crippen molar-refractivity contribution in [3.8, 4) is 11.4 Å². The molecule has 6 rings (SSSR count). The SMILES string of the molecule is O=C(CCc1ccccc1)[C@H]1CCCN1c1nc2nc(-c3cccnc3)nc(C3CC3)c2s1. The number of fused-ring (bicyclic) bond motifs is 1. The fourth-order valence-corrected chi connectivity index (χ4v) is 5.77. The number of pyridine rings is 1. The molecule has 1 aliphatic carbocycles. The first-order chi connectivity index (χ1) is 16.3. The summed E-state index contributed by atoms with van der Waals surface area (Å²) in [4.78, 5) is 34.2. The molecule has 4 aromatic rings. The van der Waals surface area contributed by atoms with Crippen LogP contribution in [-0.2, 0) is 11.2 Å². The van der Waals surface area contributed by atoms with Gasteiger partial charge < -0.3 is 4.90 Å². The van der Waals surface area contributed by atoms with Crippen molar-refractivity contribution >= 4 is 32.6 Å². The maximum atomic E-state index is 13.1. The number of aromatic nitrogens is 4. The Morgan fingerprint density at radius 3 is 2.70 bits per heavy atom. The molecular weight excluding hydrogens is 430 g/mol. The average molecular weight is 456 g/mol. The van der Waals surface area contributed by atoms with Crippen LogP contribution in [0.4, 0.5) is 5.13 Å². The van der Waals surface area contributed by atoms with Crippen LogP contribution in [0.15, 0.2) is 54.9 Å². The molecule has 1 saturated carbocycles. The second-order valence-electron chi connectivity index (χ2n) is 8.90. The molecule has 0 N–H and O–H groups in total. The Balaban J connectivity index is 1.29. The summed E-state index contributed by atoms with van der Waals surface area (Å²) in [6.07, 6.45) is 9.14. The molecule has 0 radical (unpaired) electrons. The van der Waals surface area contributed by atoms with E-state index in [1.54, 1.807) is 23.7 Å². The molecule has 2 fully saturated rings. The number of anilines is 1. The van der Waals surface area contributed by atoms with Gasteiger partial charge in [0.2, 0.25) is 0 Å². The zero-order valence-corrected chi connectivity index (χ0v) is 19.2. The molecule has 166 valence electrons. The van der Waals surface area contributed by atoms with Crippen LogP contribution in [0.1, 0.15) is 49.3 Å². The van der Waals surface area contributed by atoms with Gasteiger partial charge in [0.05, 0.1) is 16.4 Å². The number of aryl methyl sites for hydroxylation is 1. The summed E-state index contributed by atoms with van der Waals surface area (Å²) in [5.41, 5.74) is 3.97. The van der Waals surface area contributed by atoms with E-state index in [1.807, 2.05) is 30.3 Å². The fraction of sp³-hybridized carbons (Fsp3) is 0.346. The molecule has 1 aliphatic heterocycles. The number of ketones is 1. The average Bonchev–Trinajstić information content (AvgIpc) is 3.42. The monoisotopic (exact) mass is 455 g/mol. The van der Waals surface area contributed by atoms with E-state index in [4.69, 9.17) is 15.0 Å². The first-order valence-electron chi connectivity index (χ1n) is 11.7. The van der Waals surface area contributed by atoms with E-state index in [9.17, 15) is 4.79 Å². The molecule has 0 spiro atoms. The fourth-order valence-electron chi connectivity index (χ4n) is 4.62. The summed E-state index contributed by atoms with van der Waals surface area (Å²) in [6, 6.07) is 14.0. The van der Waals surface area contributed by atoms with Crippen LogP contribution < -0.4 is 4.90 Å². The number of hydrogen-bond acceptors (Lipinski definition) is 7. The first kappa shape index (κ1) is 20.4. The maximum Gasteiger partial charge on any atom is 0.188 e. The summed E-state index contributed by atoms with van der Waals surface area (Å²) in [6.45, 7) is 0.864. The van der Waals surface area contributed by atoms with Gasteiger partial charge in [0.1, 0.15) is 0 Å². The standard InChI is InChI=1S/C26H25N5OS/c32-21(13-10-17-6-2-1-3-7-17)20-9-5-15-31(20)26-30-25-23(33-26)22(18-11-12-18)28-24(29-25)19-8-4-14-27-16-19/h1-4,6-8,14,16,18,20H,5,9-13,15H2/t20-/m1/s1. The Hall–Kier alpha value is -3.19. The second-order valence-corrected chi connectivity index (χ2v) is 9.88. The number of benzene rings is 1. The van der Waals surface area contributed by atoms with Crippen LogP contribution in [0, 0.1) is 0 Å². The highest BCUT2D eigenvalue weighted by atomic mass is 32.1. The van der Waals surface area contributed by atoms with E-state index in [0.717, 1.165) is 65.4 Å². The van der Waals surface area contributed by atoms with Gasteiger partial charge in [0, 0.05) is 36.8 Å². The Kier molecular flexibility index (Phi) is 5.34. The number of rotatable bonds is 7. The minimum Gasteiger partial charge on any atom is -0.338 e. The van der Waals surface area contributed by atoms with Gasteiger partial charge in [-0.15, -0.1) is 0 Å². The van der Waals surface area contributed by atoms with Gasteiger partial charge in [0.15, 0.2) is 22.4 Å². The summed E-state index contributed by atoms with van der Waals surface area (Å²) in [5.74, 6) is 1.48. The molecule has 2 aliphatic rings. The van der Waals surface area contributed by atoms with Crippen molar-refractivity contribution in [2.24, 2.45) is 0 Å². The van der Waals surface area contributed by atoms with E-state index in [-0.39, 0.29) is 6.04 Å². The molecule has 7 heteroatoms. The largest absolute Gasteiger partial charge is 0.338 e. The zero-order chi connectivity index (χ0) is 22.2. The minimum absolute atomic E-state index is 0.0931. The van der Waals surface area contributed by atoms with Gasteiger partial charge in [-0.3, -0.25) is 9.78 Å². The number of hydrogen-bond donors (Lipinski definition) is 0. The number of carbonyl (C=O) groups is 1. The molecule has 0 bridgehead atoms. The molecule has 1 atom stereocenters. The highest BCUT2D eigenvalue weighted by molar-refractivity contribution is 7.22. The van der Waals surface area contributed by atoms with Crippen LogP contribution >= 0.6 is 11.3 Å². The molecule has 1 aromatic carbocycles. The molecule has 4 heterocycles. The topological polar surface area (TPSA) is 71.9 Å². The number of Topliss-reactive ketones (excluding diaryl/α,β-unsaturated/α-hetero) is 1. The summed E-state index contributed by atoms with van der Waals surface area (Å²) in [5, 5.41) is 0.903. The smallest absolute Gasteiger partial charge is 0.188 e. The van der Waals surface area contributed by atoms with Gasteiger partial charge in [-0.1, -0.05) is 41.7 Å². The zero-order valence-electron chi connectivity index (χ0n) is 18.4. The summed E-state index contributed by atoms with van der Waals surface area (Å²) < 4.78 is 1.07. The van der Waals surface area contributed by atoms with E-state index < -0.39 is 0 Å². The summed E-state index contributed by atoms with van der Waals surface area (Å²) >= 11 is 1.65. The predicted octanol–water partition coefficient (Wildman–Crippen LogP) is 5.20. The van der Waals surface area contributed by atoms with Crippen molar-refractivity contribution < 1.29 is 4.79 Å². The Bertz CT molecular complexity index is 1290. The number of thiazole rings is 1. The van der Waals surface area contributed by atoms with Gasteiger partial charge in [0.25, 0.3) is 0 Å². The number of nitrogens with zero attached hydrogens (tertiary/aromatic N) is 5. The van der Waals surface area contributed by atoms with Crippen LogP contribution in [0.2, 0.25) is 0 Å². The van der Waals surface area contributed by atoms with Gasteiger partial charge >= 0.3 is 0 Å². The lowest BCUT2D eigenvalue weighted by molar-refractivity contribution is -0.120. The van der Waals surface area contributed by atoms with Crippen molar-refractivity contribution in [2.75, 3.05) is 11.4 Å². The molecule has 33 heavy (non-hydrogen) atoms. The lowest BCUT2D eigenvalue weighted by atomic mass is 10.0. The molecule has 6 nitrogen and oxygen atoms in total. The predicted molar refractivity (Wildman–Crippen MR) is 131 cm³/mol. The van der Waals surface area contributed by atoms with Crippen molar-refractivity contribution in [1.82, 2.24) is 19.9 Å². The Labute approximate surface area is 196 Å². The van der Waals surface area contributed by atoms with Crippen LogP contribution in [-0.4, -0.2) is 38.3 Å². The highest BCUT2D eigenvalue weighted by Gasteiger charge is 2.34. The van der Waals surface area contributed by atoms with Crippen molar-refractivity contribution in [2.45, 2.75) is 50.5 Å². The van der Waals surface area contributed by atoms with Crippen LogP contribution in [0.3, 0.4) is 0 Å². The third-order valence-corrected chi connectivity index (χ3v) is 7.63. The lowest BCUT2D eigenvalue weighted by Crippen LogP contribution is -2.36. The van der Waals surface area contributed by atoms with Gasteiger partial charge in [-0.25, -0.2) is 9.97 Å². The Morgan fingerprint density at radius 1 is 1.03 bits per heavy atom. The van der Waals surface area contributed by atoms with Crippen molar-refractivity contribution in [3.63, 3.8) is 0 Å². The molecule has 1 saturated heterocycles. The van der Waals surface area contributed by atoms with E-state index in [1.165, 1.54) is 5.56 Å². The lowest BCUT2D eigenvalue weighted by Gasteiger charge is -2.22. The minimum atomic E-state index is -0.0931. The maximum absolute atomic E-state index is 13.1. The third kappa shape index (κ3) is 4.13. The third-order valence-electron chi connectivity index (χ3n) is 6.53. The second kappa shape index (κ2) is 8.63. The molecule has 0 unspecified atom stereocenters. The molecule has 3 aromatic heterocycles. The molecular formula is C26H25N5OS. The Morgan fingerprint density at radius 2 is 1.91 bits per heavy atom.